The highest BCUT2D eigenvalue weighted by molar-refractivity contribution is 5.91. The summed E-state index contributed by atoms with van der Waals surface area (Å²) in [6, 6.07) is 13.8. The van der Waals surface area contributed by atoms with Crippen LogP contribution < -0.4 is 4.74 Å². The van der Waals surface area contributed by atoms with Crippen molar-refractivity contribution < 1.29 is 19.7 Å². The number of carboxylic acid groups (broad SMARTS) is 1. The molecular formula is C20H24O4. The quantitative estimate of drug-likeness (QED) is 0.692. The second kappa shape index (κ2) is 9.08. The van der Waals surface area contributed by atoms with E-state index in [9.17, 15) is 9.90 Å². The Hall–Kier alpha value is -2.33. The number of aliphatic hydroxyl groups excluding tert-OH is 1. The van der Waals surface area contributed by atoms with Crippen LogP contribution >= 0.6 is 0 Å². The second-order valence-corrected chi connectivity index (χ2v) is 5.84. The number of benzene rings is 2. The van der Waals surface area contributed by atoms with Crippen LogP contribution in [-0.4, -0.2) is 29.9 Å². The lowest BCUT2D eigenvalue weighted by atomic mass is 9.99. The lowest BCUT2D eigenvalue weighted by molar-refractivity contribution is 0.0693. The van der Waals surface area contributed by atoms with Crippen LogP contribution in [0.1, 0.15) is 39.9 Å². The van der Waals surface area contributed by atoms with Crippen molar-refractivity contribution in [2.75, 3.05) is 13.7 Å². The van der Waals surface area contributed by atoms with Crippen LogP contribution in [-0.2, 0) is 19.3 Å². The predicted octanol–water partition coefficient (Wildman–Crippen LogP) is 3.49. The van der Waals surface area contributed by atoms with Crippen LogP contribution in [0.3, 0.4) is 0 Å². The standard InChI is InChI=1S/C20H24O4/c1-24-19-11-10-17(14-18(19)20(22)23)9-8-16-7-4-6-15(13-16)5-2-3-12-21/h4,6-7,10-11,13-14,21H,2-3,5,8-9,12H2,1H3,(H,22,23). The molecule has 2 N–H and O–H groups in total. The minimum Gasteiger partial charge on any atom is -0.496 e. The third kappa shape index (κ3) is 5.10. The van der Waals surface area contributed by atoms with Gasteiger partial charge in [-0.1, -0.05) is 30.3 Å². The van der Waals surface area contributed by atoms with Gasteiger partial charge in [-0.25, -0.2) is 4.79 Å². The minimum atomic E-state index is -0.973. The van der Waals surface area contributed by atoms with E-state index in [0.29, 0.717) is 5.75 Å². The summed E-state index contributed by atoms with van der Waals surface area (Å²) in [6.07, 6.45) is 4.43. The molecule has 2 aromatic carbocycles. The fourth-order valence-corrected chi connectivity index (χ4v) is 2.75. The van der Waals surface area contributed by atoms with Crippen molar-refractivity contribution in [3.63, 3.8) is 0 Å². The molecule has 2 rings (SSSR count). The Balaban J connectivity index is 2.01. The van der Waals surface area contributed by atoms with Gasteiger partial charge in [0, 0.05) is 6.61 Å². The molecule has 0 atom stereocenters. The molecule has 0 saturated carbocycles. The van der Waals surface area contributed by atoms with Crippen molar-refractivity contribution in [2.45, 2.75) is 32.1 Å². The monoisotopic (exact) mass is 328 g/mol. The SMILES string of the molecule is COc1ccc(CCc2cccc(CCCCO)c2)cc1C(=O)O. The highest BCUT2D eigenvalue weighted by Crippen LogP contribution is 2.21. The summed E-state index contributed by atoms with van der Waals surface area (Å²) in [5.41, 5.74) is 3.71. The molecule has 0 aliphatic rings. The Morgan fingerprint density at radius 1 is 0.958 bits per heavy atom. The van der Waals surface area contributed by atoms with Crippen LogP contribution in [0.2, 0.25) is 0 Å². The number of methoxy groups -OCH3 is 1. The van der Waals surface area contributed by atoms with Gasteiger partial charge in [-0.3, -0.25) is 0 Å². The predicted molar refractivity (Wildman–Crippen MR) is 93.8 cm³/mol. The Morgan fingerprint density at radius 3 is 2.25 bits per heavy atom. The smallest absolute Gasteiger partial charge is 0.339 e. The molecule has 0 spiro atoms. The molecule has 0 unspecified atom stereocenters. The van der Waals surface area contributed by atoms with Gasteiger partial charge in [-0.15, -0.1) is 0 Å². The van der Waals surface area contributed by atoms with Gasteiger partial charge in [0.2, 0.25) is 0 Å². The first-order chi connectivity index (χ1) is 11.6. The van der Waals surface area contributed by atoms with Crippen molar-refractivity contribution in [3.05, 3.63) is 64.7 Å². The molecule has 0 amide bonds. The highest BCUT2D eigenvalue weighted by Gasteiger charge is 2.11. The summed E-state index contributed by atoms with van der Waals surface area (Å²) in [7, 11) is 1.48. The molecule has 0 aliphatic carbocycles. The van der Waals surface area contributed by atoms with E-state index in [1.165, 1.54) is 18.2 Å². The largest absolute Gasteiger partial charge is 0.496 e. The lowest BCUT2D eigenvalue weighted by Gasteiger charge is -2.09. The van der Waals surface area contributed by atoms with Crippen molar-refractivity contribution in [1.82, 2.24) is 0 Å². The van der Waals surface area contributed by atoms with Crippen LogP contribution in [0.15, 0.2) is 42.5 Å². The molecule has 0 aromatic heterocycles. The van der Waals surface area contributed by atoms with Gasteiger partial charge in [0.05, 0.1) is 7.11 Å². The average molecular weight is 328 g/mol. The summed E-state index contributed by atoms with van der Waals surface area (Å²) < 4.78 is 5.09. The zero-order chi connectivity index (χ0) is 17.4. The average Bonchev–Trinajstić information content (AvgIpc) is 2.60. The Kier molecular flexibility index (Phi) is 6.82. The molecule has 0 heterocycles. The van der Waals surface area contributed by atoms with E-state index in [-0.39, 0.29) is 12.2 Å². The molecule has 0 radical (unpaired) electrons. The summed E-state index contributed by atoms with van der Waals surface area (Å²) in [5, 5.41) is 18.1. The van der Waals surface area contributed by atoms with Gasteiger partial charge in [0.25, 0.3) is 0 Å². The number of aliphatic hydroxyl groups is 1. The number of aryl methyl sites for hydroxylation is 3. The van der Waals surface area contributed by atoms with Crippen molar-refractivity contribution in [2.24, 2.45) is 0 Å². The molecule has 4 heteroatoms. The molecule has 0 aliphatic heterocycles. The molecule has 24 heavy (non-hydrogen) atoms. The van der Waals surface area contributed by atoms with Crippen LogP contribution in [0, 0.1) is 0 Å². The van der Waals surface area contributed by atoms with E-state index in [0.717, 1.165) is 37.7 Å². The number of hydrogen-bond donors (Lipinski definition) is 2. The molecule has 4 nitrogen and oxygen atoms in total. The van der Waals surface area contributed by atoms with Crippen molar-refractivity contribution >= 4 is 5.97 Å². The van der Waals surface area contributed by atoms with Gasteiger partial charge in [0.1, 0.15) is 11.3 Å². The van der Waals surface area contributed by atoms with E-state index < -0.39 is 5.97 Å². The Bertz CT molecular complexity index is 679. The van der Waals surface area contributed by atoms with Gasteiger partial charge in [-0.05, 0) is 60.9 Å². The Labute approximate surface area is 142 Å². The van der Waals surface area contributed by atoms with Crippen LogP contribution in [0.25, 0.3) is 0 Å². The number of ether oxygens (including phenoxy) is 1. The van der Waals surface area contributed by atoms with Gasteiger partial charge in [-0.2, -0.15) is 0 Å². The Morgan fingerprint density at radius 2 is 1.62 bits per heavy atom. The number of carbonyl (C=O) groups is 1. The fraction of sp³-hybridized carbons (Fsp3) is 0.350. The van der Waals surface area contributed by atoms with Gasteiger partial charge < -0.3 is 14.9 Å². The maximum atomic E-state index is 11.3. The molecule has 2 aromatic rings. The van der Waals surface area contributed by atoms with Crippen LogP contribution in [0.5, 0.6) is 5.75 Å². The summed E-state index contributed by atoms with van der Waals surface area (Å²) in [5.74, 6) is -0.586. The van der Waals surface area contributed by atoms with E-state index >= 15 is 0 Å². The van der Waals surface area contributed by atoms with E-state index in [2.05, 4.69) is 24.3 Å². The summed E-state index contributed by atoms with van der Waals surface area (Å²) in [6.45, 7) is 0.239. The molecule has 0 fully saturated rings. The van der Waals surface area contributed by atoms with Crippen molar-refractivity contribution in [3.8, 4) is 5.75 Å². The number of rotatable bonds is 9. The zero-order valence-corrected chi connectivity index (χ0v) is 14.0. The highest BCUT2D eigenvalue weighted by atomic mass is 16.5. The number of hydrogen-bond acceptors (Lipinski definition) is 3. The maximum Gasteiger partial charge on any atom is 0.339 e. The van der Waals surface area contributed by atoms with E-state index in [1.54, 1.807) is 12.1 Å². The van der Waals surface area contributed by atoms with Crippen molar-refractivity contribution in [1.29, 1.82) is 0 Å². The van der Waals surface area contributed by atoms with Crippen LogP contribution in [0.4, 0.5) is 0 Å². The summed E-state index contributed by atoms with van der Waals surface area (Å²) >= 11 is 0. The first kappa shape index (κ1) is 18.0. The maximum absolute atomic E-state index is 11.3. The molecular weight excluding hydrogens is 304 g/mol. The van der Waals surface area contributed by atoms with E-state index in [1.807, 2.05) is 6.07 Å². The summed E-state index contributed by atoms with van der Waals surface area (Å²) in [4.78, 5) is 11.3. The first-order valence-corrected chi connectivity index (χ1v) is 8.23. The second-order valence-electron chi connectivity index (χ2n) is 5.84. The third-order valence-corrected chi connectivity index (χ3v) is 4.06. The fourth-order valence-electron chi connectivity index (χ4n) is 2.75. The van der Waals surface area contributed by atoms with E-state index in [4.69, 9.17) is 9.84 Å². The lowest BCUT2D eigenvalue weighted by Crippen LogP contribution is -2.02. The normalized spacial score (nSPS) is 10.6. The van der Waals surface area contributed by atoms with Gasteiger partial charge >= 0.3 is 5.97 Å². The zero-order valence-electron chi connectivity index (χ0n) is 14.0. The topological polar surface area (TPSA) is 66.8 Å². The molecule has 0 bridgehead atoms. The first-order valence-electron chi connectivity index (χ1n) is 8.23. The number of unbranched alkanes of at least 4 members (excludes halogenated alkanes) is 1. The number of carboxylic acids is 1. The third-order valence-electron chi connectivity index (χ3n) is 4.06. The van der Waals surface area contributed by atoms with Gasteiger partial charge in [0.15, 0.2) is 0 Å². The number of aromatic carboxylic acids is 1. The molecule has 0 saturated heterocycles. The molecule has 128 valence electrons. The minimum absolute atomic E-state index is 0.202.